The Morgan fingerprint density at radius 3 is 2.10 bits per heavy atom. The van der Waals surface area contributed by atoms with Crippen LogP contribution in [0.2, 0.25) is 0 Å². The van der Waals surface area contributed by atoms with E-state index in [9.17, 15) is 19.4 Å². The Labute approximate surface area is 233 Å². The van der Waals surface area contributed by atoms with Gasteiger partial charge in [-0.25, -0.2) is 9.18 Å². The molecule has 6 nitrogen and oxygen atoms in total. The maximum Gasteiger partial charge on any atom is 0.339 e. The van der Waals surface area contributed by atoms with Crippen molar-refractivity contribution in [1.82, 2.24) is 0 Å². The Morgan fingerprint density at radius 1 is 0.775 bits per heavy atom. The highest BCUT2D eigenvalue weighted by molar-refractivity contribution is 5.91. The average Bonchev–Trinajstić information content (AvgIpc) is 2.95. The van der Waals surface area contributed by atoms with E-state index in [1.165, 1.54) is 18.2 Å². The number of aromatic hydroxyl groups is 1. The first kappa shape index (κ1) is 28.5. The fourth-order valence-corrected chi connectivity index (χ4v) is 4.50. The van der Waals surface area contributed by atoms with E-state index in [2.05, 4.69) is 6.92 Å². The molecule has 0 bridgehead atoms. The van der Waals surface area contributed by atoms with Crippen LogP contribution in [0.4, 0.5) is 4.39 Å². The van der Waals surface area contributed by atoms with Crippen LogP contribution in [0.3, 0.4) is 0 Å². The van der Waals surface area contributed by atoms with E-state index >= 15 is 0 Å². The summed E-state index contributed by atoms with van der Waals surface area (Å²) in [5.74, 6) is 0.878. The van der Waals surface area contributed by atoms with Gasteiger partial charge in [0.1, 0.15) is 40.1 Å². The second-order valence-electron chi connectivity index (χ2n) is 9.24. The lowest BCUT2D eigenvalue weighted by atomic mass is 9.99. The molecule has 0 heterocycles. The number of hydrogen-bond acceptors (Lipinski definition) is 5. The fraction of sp³-hybridized carbons (Fsp3) is 0.242. The first-order valence-electron chi connectivity index (χ1n) is 13.4. The van der Waals surface area contributed by atoms with Crippen molar-refractivity contribution in [3.8, 4) is 39.9 Å². The molecule has 0 atom stereocenters. The fourth-order valence-electron chi connectivity index (χ4n) is 4.50. The number of hydrogen-bond donors (Lipinski definition) is 2. The van der Waals surface area contributed by atoms with E-state index < -0.39 is 5.97 Å². The molecule has 0 aromatic heterocycles. The molecule has 0 spiro atoms. The Bertz CT molecular complexity index is 1450. The van der Waals surface area contributed by atoms with Gasteiger partial charge in [0.25, 0.3) is 0 Å². The summed E-state index contributed by atoms with van der Waals surface area (Å²) in [5, 5.41) is 20.4. The minimum absolute atomic E-state index is 0.0941. The predicted molar refractivity (Wildman–Crippen MR) is 152 cm³/mol. The number of halogens is 1. The summed E-state index contributed by atoms with van der Waals surface area (Å²) in [6, 6.07) is 21.7. The average molecular weight is 545 g/mol. The van der Waals surface area contributed by atoms with Gasteiger partial charge < -0.3 is 24.4 Å². The zero-order valence-corrected chi connectivity index (χ0v) is 22.7. The second kappa shape index (κ2) is 13.5. The number of benzene rings is 4. The molecule has 7 heteroatoms. The Hall–Kier alpha value is -4.52. The van der Waals surface area contributed by atoms with Crippen molar-refractivity contribution < 1.29 is 33.6 Å². The van der Waals surface area contributed by atoms with Crippen molar-refractivity contribution >= 4 is 5.97 Å². The highest BCUT2D eigenvalue weighted by Crippen LogP contribution is 2.38. The molecule has 4 rings (SSSR count). The lowest BCUT2D eigenvalue weighted by Gasteiger charge is -2.17. The van der Waals surface area contributed by atoms with Gasteiger partial charge in [0.15, 0.2) is 0 Å². The standard InChI is InChI=1S/C33H33FO6/c1-3-9-26-28(12-7-13-30(26)40-31-11-6-5-10-27(31)33(36)37)38-20-8-21-39-29-19-18-25(32(35)24(29)4-2)22-14-16-23(34)17-15-22/h5-7,10-19,35H,3-4,8-9,20-21H2,1-2H3,(H,36,37). The third kappa shape index (κ3) is 6.72. The summed E-state index contributed by atoms with van der Waals surface area (Å²) in [4.78, 5) is 11.6. The quantitative estimate of drug-likeness (QED) is 0.166. The molecule has 0 aliphatic carbocycles. The number of ether oxygens (including phenoxy) is 3. The van der Waals surface area contributed by atoms with Gasteiger partial charge >= 0.3 is 5.97 Å². The minimum atomic E-state index is -1.05. The molecule has 2 N–H and O–H groups in total. The van der Waals surface area contributed by atoms with Crippen LogP contribution in [-0.2, 0) is 12.8 Å². The molecule has 208 valence electrons. The molecule has 0 saturated heterocycles. The normalized spacial score (nSPS) is 10.8. The topological polar surface area (TPSA) is 85.2 Å². The molecule has 0 saturated carbocycles. The van der Waals surface area contributed by atoms with Gasteiger partial charge in [-0.15, -0.1) is 0 Å². The number of para-hydroxylation sites is 1. The molecule has 0 fully saturated rings. The van der Waals surface area contributed by atoms with Crippen molar-refractivity contribution in [2.45, 2.75) is 39.5 Å². The maximum atomic E-state index is 13.3. The first-order valence-corrected chi connectivity index (χ1v) is 13.4. The van der Waals surface area contributed by atoms with Crippen molar-refractivity contribution in [2.75, 3.05) is 13.2 Å². The van der Waals surface area contributed by atoms with E-state index in [0.717, 1.165) is 17.5 Å². The summed E-state index contributed by atoms with van der Waals surface area (Å²) in [5.41, 5.74) is 3.02. The molecule has 0 radical (unpaired) electrons. The Morgan fingerprint density at radius 2 is 1.43 bits per heavy atom. The van der Waals surface area contributed by atoms with Crippen LogP contribution >= 0.6 is 0 Å². The highest BCUT2D eigenvalue weighted by Gasteiger charge is 2.16. The summed E-state index contributed by atoms with van der Waals surface area (Å²) in [6.45, 7) is 4.78. The highest BCUT2D eigenvalue weighted by atomic mass is 19.1. The van der Waals surface area contributed by atoms with E-state index in [1.54, 1.807) is 36.4 Å². The molecule has 0 unspecified atom stereocenters. The van der Waals surface area contributed by atoms with Crippen LogP contribution in [0.5, 0.6) is 28.7 Å². The summed E-state index contributed by atoms with van der Waals surface area (Å²) < 4.78 is 31.4. The van der Waals surface area contributed by atoms with Crippen LogP contribution in [0.15, 0.2) is 78.9 Å². The maximum absolute atomic E-state index is 13.3. The van der Waals surface area contributed by atoms with Crippen molar-refractivity contribution in [3.63, 3.8) is 0 Å². The molecule has 0 aliphatic rings. The minimum Gasteiger partial charge on any atom is -0.507 e. The van der Waals surface area contributed by atoms with Gasteiger partial charge in [-0.3, -0.25) is 0 Å². The molecule has 4 aromatic carbocycles. The van der Waals surface area contributed by atoms with Crippen molar-refractivity contribution in [1.29, 1.82) is 0 Å². The number of aromatic carboxylic acids is 1. The lowest BCUT2D eigenvalue weighted by molar-refractivity contribution is 0.0694. The molecule has 40 heavy (non-hydrogen) atoms. The summed E-state index contributed by atoms with van der Waals surface area (Å²) in [6.07, 6.45) is 2.74. The van der Waals surface area contributed by atoms with Crippen LogP contribution in [0, 0.1) is 5.82 Å². The van der Waals surface area contributed by atoms with Gasteiger partial charge in [-0.2, -0.15) is 0 Å². The number of carbonyl (C=O) groups is 1. The van der Waals surface area contributed by atoms with Crippen LogP contribution in [0.25, 0.3) is 11.1 Å². The van der Waals surface area contributed by atoms with Crippen molar-refractivity contribution in [2.24, 2.45) is 0 Å². The number of phenolic OH excluding ortho intramolecular Hbond substituents is 1. The van der Waals surface area contributed by atoms with E-state index in [-0.39, 0.29) is 22.9 Å². The third-order valence-corrected chi connectivity index (χ3v) is 6.48. The van der Waals surface area contributed by atoms with Gasteiger partial charge in [-0.1, -0.05) is 50.6 Å². The van der Waals surface area contributed by atoms with Crippen molar-refractivity contribution in [3.05, 3.63) is 101 Å². The number of rotatable bonds is 13. The largest absolute Gasteiger partial charge is 0.507 e. The van der Waals surface area contributed by atoms with E-state index in [4.69, 9.17) is 14.2 Å². The zero-order chi connectivity index (χ0) is 28.5. The first-order chi connectivity index (χ1) is 19.4. The number of phenols is 1. The summed E-state index contributed by atoms with van der Waals surface area (Å²) >= 11 is 0. The SMILES string of the molecule is CCCc1c(OCCCOc2ccc(-c3ccc(F)cc3)c(O)c2CC)cccc1Oc1ccccc1C(=O)O. The number of carboxylic acids is 1. The molecule has 0 amide bonds. The smallest absolute Gasteiger partial charge is 0.339 e. The van der Waals surface area contributed by atoms with E-state index in [1.807, 2.05) is 31.2 Å². The van der Waals surface area contributed by atoms with Crippen LogP contribution in [0.1, 0.15) is 48.2 Å². The van der Waals surface area contributed by atoms with Gasteiger partial charge in [-0.05, 0) is 66.9 Å². The van der Waals surface area contributed by atoms with E-state index in [0.29, 0.717) is 60.9 Å². The van der Waals surface area contributed by atoms with Gasteiger partial charge in [0.2, 0.25) is 0 Å². The number of carboxylic acid groups (broad SMARTS) is 1. The lowest BCUT2D eigenvalue weighted by Crippen LogP contribution is -2.08. The second-order valence-corrected chi connectivity index (χ2v) is 9.24. The molecule has 0 aliphatic heterocycles. The zero-order valence-electron chi connectivity index (χ0n) is 22.7. The summed E-state index contributed by atoms with van der Waals surface area (Å²) in [7, 11) is 0. The molecular weight excluding hydrogens is 511 g/mol. The monoisotopic (exact) mass is 544 g/mol. The third-order valence-electron chi connectivity index (χ3n) is 6.48. The predicted octanol–water partition coefficient (Wildman–Crippen LogP) is 8.05. The van der Waals surface area contributed by atoms with Gasteiger partial charge in [0.05, 0.1) is 13.2 Å². The Kier molecular flexibility index (Phi) is 9.62. The molecule has 4 aromatic rings. The van der Waals surface area contributed by atoms with Gasteiger partial charge in [0, 0.05) is 23.1 Å². The Balaban J connectivity index is 1.40. The molecular formula is C33H33FO6. The van der Waals surface area contributed by atoms with Crippen LogP contribution in [-0.4, -0.2) is 29.4 Å². The van der Waals surface area contributed by atoms with Crippen LogP contribution < -0.4 is 14.2 Å².